The van der Waals surface area contributed by atoms with E-state index >= 15 is 0 Å². The van der Waals surface area contributed by atoms with E-state index in [0.717, 1.165) is 12.1 Å². The van der Waals surface area contributed by atoms with Crippen LogP contribution in [0.15, 0.2) is 41.3 Å². The number of anilines is 2. The van der Waals surface area contributed by atoms with Crippen LogP contribution in [0.3, 0.4) is 0 Å². The average molecular weight is 382 g/mol. The summed E-state index contributed by atoms with van der Waals surface area (Å²) in [5.74, 6) is -0.371. The lowest BCUT2D eigenvalue weighted by Crippen LogP contribution is -2.25. The van der Waals surface area contributed by atoms with Gasteiger partial charge in [0.1, 0.15) is 5.82 Å². The van der Waals surface area contributed by atoms with E-state index in [1.165, 1.54) is 57.4 Å². The molecule has 0 saturated heterocycles. The SMILES string of the molecule is COc1ccc(S(=O)(=O)Nc2cc(F)ccc2N(C)C(C)=O)cc1OC. The van der Waals surface area contributed by atoms with E-state index in [4.69, 9.17) is 9.47 Å². The van der Waals surface area contributed by atoms with Gasteiger partial charge in [-0.2, -0.15) is 0 Å². The summed E-state index contributed by atoms with van der Waals surface area (Å²) in [4.78, 5) is 12.7. The van der Waals surface area contributed by atoms with Gasteiger partial charge in [-0.15, -0.1) is 0 Å². The number of hydrogen-bond donors (Lipinski definition) is 1. The van der Waals surface area contributed by atoms with Crippen LogP contribution in [0.1, 0.15) is 6.92 Å². The third kappa shape index (κ3) is 4.05. The maximum Gasteiger partial charge on any atom is 0.262 e. The second kappa shape index (κ2) is 7.61. The third-order valence-corrected chi connectivity index (χ3v) is 5.07. The first-order valence-corrected chi connectivity index (χ1v) is 8.96. The molecule has 140 valence electrons. The van der Waals surface area contributed by atoms with Gasteiger partial charge in [-0.05, 0) is 24.3 Å². The van der Waals surface area contributed by atoms with Crippen LogP contribution in [0.2, 0.25) is 0 Å². The molecule has 0 heterocycles. The van der Waals surface area contributed by atoms with Crippen molar-refractivity contribution in [2.45, 2.75) is 11.8 Å². The fourth-order valence-electron chi connectivity index (χ4n) is 2.24. The van der Waals surface area contributed by atoms with Gasteiger partial charge >= 0.3 is 0 Å². The van der Waals surface area contributed by atoms with Crippen LogP contribution in [0.4, 0.5) is 15.8 Å². The summed E-state index contributed by atoms with van der Waals surface area (Å²) in [7, 11) is 0.217. The Hall–Kier alpha value is -2.81. The second-order valence-electron chi connectivity index (χ2n) is 5.36. The van der Waals surface area contributed by atoms with Crippen molar-refractivity contribution >= 4 is 27.3 Å². The summed E-state index contributed by atoms with van der Waals surface area (Å²) in [6.45, 7) is 1.32. The Morgan fingerprint density at radius 2 is 1.73 bits per heavy atom. The highest BCUT2D eigenvalue weighted by Gasteiger charge is 2.21. The van der Waals surface area contributed by atoms with Crippen LogP contribution >= 0.6 is 0 Å². The van der Waals surface area contributed by atoms with Crippen LogP contribution in [0.5, 0.6) is 11.5 Å². The van der Waals surface area contributed by atoms with Crippen LogP contribution in [-0.4, -0.2) is 35.6 Å². The Kier molecular flexibility index (Phi) is 5.71. The van der Waals surface area contributed by atoms with Crippen LogP contribution in [0, 0.1) is 5.82 Å². The molecule has 0 saturated carbocycles. The molecule has 0 aliphatic carbocycles. The Morgan fingerprint density at radius 3 is 2.31 bits per heavy atom. The molecule has 2 aromatic carbocycles. The molecule has 0 spiro atoms. The molecule has 0 fully saturated rings. The zero-order valence-electron chi connectivity index (χ0n) is 14.7. The summed E-state index contributed by atoms with van der Waals surface area (Å²) in [5.41, 5.74) is 0.167. The predicted molar refractivity (Wildman–Crippen MR) is 95.8 cm³/mol. The summed E-state index contributed by atoms with van der Waals surface area (Å²) in [5, 5.41) is 0. The largest absolute Gasteiger partial charge is 0.493 e. The van der Waals surface area contributed by atoms with Crippen molar-refractivity contribution in [3.05, 3.63) is 42.2 Å². The van der Waals surface area contributed by atoms with E-state index < -0.39 is 15.8 Å². The first-order valence-electron chi connectivity index (χ1n) is 7.48. The second-order valence-corrected chi connectivity index (χ2v) is 7.04. The lowest BCUT2D eigenvalue weighted by atomic mass is 10.2. The number of hydrogen-bond acceptors (Lipinski definition) is 5. The normalized spacial score (nSPS) is 11.0. The number of rotatable bonds is 6. The Morgan fingerprint density at radius 1 is 1.08 bits per heavy atom. The van der Waals surface area contributed by atoms with Gasteiger partial charge in [0.15, 0.2) is 11.5 Å². The molecule has 7 nitrogen and oxygen atoms in total. The average Bonchev–Trinajstić information content (AvgIpc) is 2.60. The number of nitrogens with zero attached hydrogens (tertiary/aromatic N) is 1. The molecule has 0 atom stereocenters. The molecule has 0 aliphatic rings. The number of methoxy groups -OCH3 is 2. The lowest BCUT2D eigenvalue weighted by molar-refractivity contribution is -0.116. The Bertz CT molecular complexity index is 931. The summed E-state index contributed by atoms with van der Waals surface area (Å²) < 4.78 is 51.5. The van der Waals surface area contributed by atoms with E-state index in [1.807, 2.05) is 0 Å². The number of ether oxygens (including phenoxy) is 2. The van der Waals surface area contributed by atoms with Crippen molar-refractivity contribution in [1.82, 2.24) is 0 Å². The van der Waals surface area contributed by atoms with Gasteiger partial charge in [-0.25, -0.2) is 12.8 Å². The van der Waals surface area contributed by atoms with Crippen LogP contribution in [0.25, 0.3) is 0 Å². The van der Waals surface area contributed by atoms with Crippen molar-refractivity contribution in [2.75, 3.05) is 30.9 Å². The molecule has 26 heavy (non-hydrogen) atoms. The van der Waals surface area contributed by atoms with E-state index in [-0.39, 0.29) is 27.9 Å². The van der Waals surface area contributed by atoms with Gasteiger partial charge in [0, 0.05) is 26.1 Å². The molecular formula is C17H19FN2O5S. The monoisotopic (exact) mass is 382 g/mol. The van der Waals surface area contributed by atoms with Crippen molar-refractivity contribution in [3.8, 4) is 11.5 Å². The molecule has 0 radical (unpaired) electrons. The Balaban J connectivity index is 2.47. The molecule has 1 N–H and O–H groups in total. The lowest BCUT2D eigenvalue weighted by Gasteiger charge is -2.20. The Labute approximate surface area is 151 Å². The van der Waals surface area contributed by atoms with Crippen molar-refractivity contribution < 1.29 is 27.1 Å². The molecular weight excluding hydrogens is 363 g/mol. The predicted octanol–water partition coefficient (Wildman–Crippen LogP) is 2.63. The maximum absolute atomic E-state index is 13.6. The third-order valence-electron chi connectivity index (χ3n) is 3.70. The minimum atomic E-state index is -4.06. The zero-order chi connectivity index (χ0) is 19.5. The summed E-state index contributed by atoms with van der Waals surface area (Å²) >= 11 is 0. The van der Waals surface area contributed by atoms with E-state index in [2.05, 4.69) is 4.72 Å². The highest BCUT2D eigenvalue weighted by molar-refractivity contribution is 7.92. The van der Waals surface area contributed by atoms with Crippen LogP contribution < -0.4 is 19.1 Å². The molecule has 0 unspecified atom stereocenters. The van der Waals surface area contributed by atoms with E-state index in [9.17, 15) is 17.6 Å². The highest BCUT2D eigenvalue weighted by Crippen LogP contribution is 2.32. The first kappa shape index (κ1) is 19.5. The van der Waals surface area contributed by atoms with Gasteiger partial charge in [0.2, 0.25) is 5.91 Å². The summed E-state index contributed by atoms with van der Waals surface area (Å²) in [6.07, 6.45) is 0. The highest BCUT2D eigenvalue weighted by atomic mass is 32.2. The zero-order valence-corrected chi connectivity index (χ0v) is 15.6. The van der Waals surface area contributed by atoms with Gasteiger partial charge < -0.3 is 14.4 Å². The number of carbonyl (C=O) groups excluding carboxylic acids is 1. The molecule has 9 heteroatoms. The van der Waals surface area contributed by atoms with Crippen molar-refractivity contribution in [2.24, 2.45) is 0 Å². The van der Waals surface area contributed by atoms with Gasteiger partial charge in [-0.3, -0.25) is 9.52 Å². The molecule has 1 amide bonds. The van der Waals surface area contributed by atoms with Crippen molar-refractivity contribution in [3.63, 3.8) is 0 Å². The van der Waals surface area contributed by atoms with E-state index in [1.54, 1.807) is 0 Å². The van der Waals surface area contributed by atoms with Crippen LogP contribution in [-0.2, 0) is 14.8 Å². The maximum atomic E-state index is 13.6. The minimum Gasteiger partial charge on any atom is -0.493 e. The number of carbonyl (C=O) groups is 1. The number of nitrogens with one attached hydrogen (secondary N) is 1. The summed E-state index contributed by atoms with van der Waals surface area (Å²) in [6, 6.07) is 7.53. The fraction of sp³-hybridized carbons (Fsp3) is 0.235. The van der Waals surface area contributed by atoms with Gasteiger partial charge in [0.05, 0.1) is 30.5 Å². The molecule has 0 aliphatic heterocycles. The van der Waals surface area contributed by atoms with E-state index in [0.29, 0.717) is 5.75 Å². The number of benzene rings is 2. The van der Waals surface area contributed by atoms with Crippen molar-refractivity contribution in [1.29, 1.82) is 0 Å². The van der Waals surface area contributed by atoms with Gasteiger partial charge in [-0.1, -0.05) is 0 Å². The quantitative estimate of drug-likeness (QED) is 0.830. The fourth-order valence-corrected chi connectivity index (χ4v) is 3.32. The first-order chi connectivity index (χ1) is 12.2. The smallest absolute Gasteiger partial charge is 0.262 e. The number of sulfonamides is 1. The van der Waals surface area contributed by atoms with Gasteiger partial charge in [0.25, 0.3) is 10.0 Å². The number of halogens is 1. The standard InChI is InChI=1S/C17H19FN2O5S/c1-11(21)20(2)15-7-5-12(18)9-14(15)19-26(22,23)13-6-8-16(24-3)17(10-13)25-4/h5-10,19H,1-4H3. The molecule has 2 rings (SSSR count). The molecule has 0 aromatic heterocycles. The number of amides is 1. The molecule has 0 bridgehead atoms. The topological polar surface area (TPSA) is 84.9 Å². The molecule has 2 aromatic rings. The minimum absolute atomic E-state index is 0.0579.